The number of carbonyl (C=O) groups is 4. The first-order valence-electron chi connectivity index (χ1n) is 38.8. The lowest BCUT2D eigenvalue weighted by molar-refractivity contribution is -0.161. The predicted molar refractivity (Wildman–Crippen MR) is 381 cm³/mol. The van der Waals surface area contributed by atoms with Crippen LogP contribution < -0.4 is 0 Å². The van der Waals surface area contributed by atoms with E-state index in [4.69, 9.17) is 37.0 Å². The fourth-order valence-corrected chi connectivity index (χ4v) is 12.9. The molecule has 0 bridgehead atoms. The predicted octanol–water partition coefficient (Wildman–Crippen LogP) is 21.7. The number of hydrogen-bond acceptors (Lipinski definition) is 15. The summed E-state index contributed by atoms with van der Waals surface area (Å²) in [6, 6.07) is 0. The Labute approximate surface area is 575 Å². The monoisotopic (exact) mass is 1380 g/mol. The van der Waals surface area contributed by atoms with Gasteiger partial charge in [0.25, 0.3) is 0 Å². The van der Waals surface area contributed by atoms with E-state index in [0.717, 1.165) is 120 Å². The summed E-state index contributed by atoms with van der Waals surface area (Å²) in [6.07, 6.45) is 48.6. The summed E-state index contributed by atoms with van der Waals surface area (Å²) >= 11 is 0. The molecule has 0 saturated carbocycles. The molecule has 7 atom stereocenters. The Morgan fingerprint density at radius 1 is 0.298 bits per heavy atom. The molecule has 0 aromatic heterocycles. The molecular formula is C75H146O17P2. The zero-order valence-corrected chi connectivity index (χ0v) is 63.4. The molecule has 0 heterocycles. The number of phosphoric ester groups is 2. The van der Waals surface area contributed by atoms with Gasteiger partial charge < -0.3 is 33.8 Å². The van der Waals surface area contributed by atoms with Crippen LogP contribution in [0.4, 0.5) is 0 Å². The first-order valence-corrected chi connectivity index (χ1v) is 41.8. The second kappa shape index (κ2) is 64.4. The number of unbranched alkanes of at least 4 members (excludes halogenated alkanes) is 36. The summed E-state index contributed by atoms with van der Waals surface area (Å²) in [5.41, 5.74) is 0. The normalized spacial score (nSPS) is 14.7. The third-order valence-electron chi connectivity index (χ3n) is 18.0. The largest absolute Gasteiger partial charge is 0.472 e. The Balaban J connectivity index is 5.23. The molecule has 0 amide bonds. The molecule has 94 heavy (non-hydrogen) atoms. The van der Waals surface area contributed by atoms with Gasteiger partial charge in [-0.3, -0.25) is 37.3 Å². The van der Waals surface area contributed by atoms with Crippen molar-refractivity contribution in [2.75, 3.05) is 39.6 Å². The van der Waals surface area contributed by atoms with Crippen LogP contribution in [0, 0.1) is 23.7 Å². The van der Waals surface area contributed by atoms with Crippen LogP contribution in [0.1, 0.15) is 376 Å². The number of ether oxygens (including phenoxy) is 4. The van der Waals surface area contributed by atoms with Crippen molar-refractivity contribution in [2.45, 2.75) is 395 Å². The molecule has 0 fully saturated rings. The summed E-state index contributed by atoms with van der Waals surface area (Å²) in [4.78, 5) is 72.8. The Morgan fingerprint density at radius 2 is 0.511 bits per heavy atom. The molecule has 19 heteroatoms. The van der Waals surface area contributed by atoms with Crippen molar-refractivity contribution in [3.63, 3.8) is 0 Å². The van der Waals surface area contributed by atoms with Gasteiger partial charge >= 0.3 is 39.5 Å². The first kappa shape index (κ1) is 92.1. The molecule has 4 unspecified atom stereocenters. The Morgan fingerprint density at radius 3 is 0.755 bits per heavy atom. The number of esters is 4. The van der Waals surface area contributed by atoms with E-state index in [1.165, 1.54) is 173 Å². The van der Waals surface area contributed by atoms with Crippen molar-refractivity contribution in [1.29, 1.82) is 0 Å². The van der Waals surface area contributed by atoms with Crippen molar-refractivity contribution < 1.29 is 80.2 Å². The first-order chi connectivity index (χ1) is 45.2. The van der Waals surface area contributed by atoms with E-state index in [2.05, 4.69) is 55.4 Å². The Kier molecular flexibility index (Phi) is 63.1. The third kappa shape index (κ3) is 66.0. The van der Waals surface area contributed by atoms with Crippen LogP contribution in [0.3, 0.4) is 0 Å². The molecule has 0 saturated heterocycles. The second-order valence-corrected chi connectivity index (χ2v) is 31.4. The Hall–Kier alpha value is -1.94. The molecule has 558 valence electrons. The van der Waals surface area contributed by atoms with E-state index in [0.29, 0.717) is 25.7 Å². The van der Waals surface area contributed by atoms with Crippen LogP contribution in [0.2, 0.25) is 0 Å². The van der Waals surface area contributed by atoms with Gasteiger partial charge in [-0.2, -0.15) is 0 Å². The average molecular weight is 1380 g/mol. The van der Waals surface area contributed by atoms with Gasteiger partial charge in [0.2, 0.25) is 0 Å². The van der Waals surface area contributed by atoms with E-state index >= 15 is 0 Å². The molecule has 0 spiro atoms. The van der Waals surface area contributed by atoms with Gasteiger partial charge in [0.1, 0.15) is 19.3 Å². The lowest BCUT2D eigenvalue weighted by Gasteiger charge is -2.21. The van der Waals surface area contributed by atoms with Crippen molar-refractivity contribution in [3.05, 3.63) is 0 Å². The van der Waals surface area contributed by atoms with Crippen LogP contribution in [0.15, 0.2) is 0 Å². The van der Waals surface area contributed by atoms with Crippen LogP contribution in [0.25, 0.3) is 0 Å². The smallest absolute Gasteiger partial charge is 0.462 e. The van der Waals surface area contributed by atoms with Gasteiger partial charge in [-0.25, -0.2) is 9.13 Å². The SMILES string of the molecule is CCC(C)CCCCCCCCCCC(=O)OC[C@H](COP(=O)(O)OC[C@@H](O)COP(=O)(O)OC[C@@H](COC(=O)CCCCCCCCC(C)CC)OC(=O)CCCCCCCCCCCCCCCCCCC(C)C)OC(=O)CCCCCCCCCCCCC(C)C. The summed E-state index contributed by atoms with van der Waals surface area (Å²) in [7, 11) is -9.91. The van der Waals surface area contributed by atoms with Crippen molar-refractivity contribution >= 4 is 39.5 Å². The van der Waals surface area contributed by atoms with E-state index in [-0.39, 0.29) is 25.7 Å². The van der Waals surface area contributed by atoms with E-state index in [9.17, 15) is 43.2 Å². The minimum atomic E-state index is -4.96. The highest BCUT2D eigenvalue weighted by Gasteiger charge is 2.30. The van der Waals surface area contributed by atoms with Crippen LogP contribution in [0.5, 0.6) is 0 Å². The zero-order valence-electron chi connectivity index (χ0n) is 61.6. The topological polar surface area (TPSA) is 237 Å². The highest BCUT2D eigenvalue weighted by atomic mass is 31.2. The second-order valence-electron chi connectivity index (χ2n) is 28.5. The molecule has 3 N–H and O–H groups in total. The van der Waals surface area contributed by atoms with Crippen LogP contribution in [-0.2, 0) is 65.4 Å². The highest BCUT2D eigenvalue weighted by molar-refractivity contribution is 7.47. The van der Waals surface area contributed by atoms with Crippen molar-refractivity contribution in [1.82, 2.24) is 0 Å². The number of phosphoric acid groups is 2. The number of aliphatic hydroxyl groups is 1. The minimum absolute atomic E-state index is 0.105. The van der Waals surface area contributed by atoms with E-state index < -0.39 is 97.5 Å². The number of carbonyl (C=O) groups excluding carboxylic acids is 4. The molecule has 0 aliphatic rings. The van der Waals surface area contributed by atoms with Gasteiger partial charge in [-0.15, -0.1) is 0 Å². The summed E-state index contributed by atoms with van der Waals surface area (Å²) < 4.78 is 68.5. The molecule has 0 aromatic rings. The quantitative estimate of drug-likeness (QED) is 0.0222. The fraction of sp³-hybridized carbons (Fsp3) is 0.947. The minimum Gasteiger partial charge on any atom is -0.462 e. The lowest BCUT2D eigenvalue weighted by atomic mass is 9.99. The maximum Gasteiger partial charge on any atom is 0.472 e. The third-order valence-corrected chi connectivity index (χ3v) is 19.9. The Bertz CT molecular complexity index is 1850. The van der Waals surface area contributed by atoms with Gasteiger partial charge in [0.15, 0.2) is 12.2 Å². The molecule has 17 nitrogen and oxygen atoms in total. The van der Waals surface area contributed by atoms with Crippen molar-refractivity contribution in [2.24, 2.45) is 23.7 Å². The fourth-order valence-electron chi connectivity index (χ4n) is 11.3. The van der Waals surface area contributed by atoms with Crippen LogP contribution in [-0.4, -0.2) is 96.7 Å². The van der Waals surface area contributed by atoms with E-state index in [1.807, 2.05) is 0 Å². The average Bonchev–Trinajstić information content (AvgIpc) is 1.19. The molecule has 0 radical (unpaired) electrons. The number of hydrogen-bond donors (Lipinski definition) is 3. The highest BCUT2D eigenvalue weighted by Crippen LogP contribution is 2.45. The van der Waals surface area contributed by atoms with Gasteiger partial charge in [0.05, 0.1) is 26.4 Å². The van der Waals surface area contributed by atoms with E-state index in [1.54, 1.807) is 0 Å². The van der Waals surface area contributed by atoms with Gasteiger partial charge in [-0.1, -0.05) is 325 Å². The van der Waals surface area contributed by atoms with Crippen LogP contribution >= 0.6 is 15.6 Å². The van der Waals surface area contributed by atoms with Gasteiger partial charge in [-0.05, 0) is 49.4 Å². The molecular weight excluding hydrogens is 1230 g/mol. The maximum absolute atomic E-state index is 13.1. The number of rotatable bonds is 72. The summed E-state index contributed by atoms with van der Waals surface area (Å²) in [5.74, 6) is 0.946. The van der Waals surface area contributed by atoms with Gasteiger partial charge in [0, 0.05) is 25.7 Å². The lowest BCUT2D eigenvalue weighted by Crippen LogP contribution is -2.30. The molecule has 0 aromatic carbocycles. The molecule has 0 aliphatic heterocycles. The zero-order chi connectivity index (χ0) is 69.6. The van der Waals surface area contributed by atoms with Crippen molar-refractivity contribution in [3.8, 4) is 0 Å². The standard InChI is InChI=1S/C75H146O17P2/c1-9-67(7)53-45-37-29-25-26-30-39-47-55-72(77)85-61-70(91-75(80)58-50-42-32-24-20-19-22-28-36-44-52-66(5)6)63-89-93(81,82)87-59-69(76)60-88-94(83,84)90-64-71(62-86-73(78)56-48-40-34-33-38-46-54-68(8)10-2)92-74(79)57-49-41-31-23-18-16-14-12-11-13-15-17-21-27-35-43-51-65(3)4/h65-71,76H,9-64H2,1-8H3,(H,81,82)(H,83,84)/t67?,68?,69-,70-,71-/m1/s1. The summed E-state index contributed by atoms with van der Waals surface area (Å²) in [6.45, 7) is 14.2. The maximum atomic E-state index is 13.1. The molecule has 0 rings (SSSR count). The summed E-state index contributed by atoms with van der Waals surface area (Å²) in [5, 5.41) is 10.6. The number of aliphatic hydroxyl groups excluding tert-OH is 1. The molecule has 0 aliphatic carbocycles.